The van der Waals surface area contributed by atoms with Gasteiger partial charge in [0.25, 0.3) is 5.56 Å². The Balaban J connectivity index is 1.73. The second kappa shape index (κ2) is 7.31. The van der Waals surface area contributed by atoms with Gasteiger partial charge in [0.15, 0.2) is 0 Å². The van der Waals surface area contributed by atoms with Crippen LogP contribution in [0.15, 0.2) is 33.5 Å². The fourth-order valence-corrected chi connectivity index (χ4v) is 3.18. The molecule has 0 aliphatic rings. The summed E-state index contributed by atoms with van der Waals surface area (Å²) in [5, 5.41) is 13.6. The van der Waals surface area contributed by atoms with Crippen LogP contribution in [0.25, 0.3) is 10.8 Å². The molecule has 136 valence electrons. The van der Waals surface area contributed by atoms with Crippen molar-refractivity contribution < 1.29 is 9.21 Å². The van der Waals surface area contributed by atoms with Crippen LogP contribution in [-0.4, -0.2) is 22.6 Å². The third kappa shape index (κ3) is 3.49. The highest BCUT2D eigenvalue weighted by Gasteiger charge is 2.19. The molecule has 0 saturated carbocycles. The standard InChI is InChI=1S/C18H19ClN4O3/c1-9(12-6-4-5-7-13(12)19)20-8-14(24)21-18-16-15(11(3)26-18)10(2)22-23-17(16)25/h4-7,9,20H,8H2,1-3H3,(H,21,24)(H,23,25)/t9-/m0/s1. The lowest BCUT2D eigenvalue weighted by Gasteiger charge is -2.15. The number of aromatic nitrogens is 2. The highest BCUT2D eigenvalue weighted by molar-refractivity contribution is 6.31. The summed E-state index contributed by atoms with van der Waals surface area (Å²) in [5.74, 6) is 0.332. The Bertz CT molecular complexity index is 1020. The highest BCUT2D eigenvalue weighted by Crippen LogP contribution is 2.28. The smallest absolute Gasteiger partial charge is 0.277 e. The van der Waals surface area contributed by atoms with E-state index in [2.05, 4.69) is 20.8 Å². The average Bonchev–Trinajstić information content (AvgIpc) is 2.94. The van der Waals surface area contributed by atoms with Gasteiger partial charge in [-0.05, 0) is 32.4 Å². The minimum Gasteiger partial charge on any atom is -0.444 e. The van der Waals surface area contributed by atoms with Crippen LogP contribution in [0, 0.1) is 13.8 Å². The zero-order valence-electron chi connectivity index (χ0n) is 14.6. The van der Waals surface area contributed by atoms with Gasteiger partial charge >= 0.3 is 0 Å². The lowest BCUT2D eigenvalue weighted by atomic mass is 10.1. The molecule has 2 aromatic heterocycles. The predicted molar refractivity (Wildman–Crippen MR) is 101 cm³/mol. The van der Waals surface area contributed by atoms with Gasteiger partial charge in [-0.25, -0.2) is 5.10 Å². The fourth-order valence-electron chi connectivity index (χ4n) is 2.88. The molecule has 2 heterocycles. The Morgan fingerprint density at radius 1 is 1.31 bits per heavy atom. The largest absolute Gasteiger partial charge is 0.444 e. The molecule has 26 heavy (non-hydrogen) atoms. The number of halogens is 1. The lowest BCUT2D eigenvalue weighted by molar-refractivity contribution is -0.115. The monoisotopic (exact) mass is 374 g/mol. The Morgan fingerprint density at radius 3 is 2.77 bits per heavy atom. The number of nitrogens with zero attached hydrogens (tertiary/aromatic N) is 1. The van der Waals surface area contributed by atoms with Gasteiger partial charge in [-0.15, -0.1) is 0 Å². The van der Waals surface area contributed by atoms with Crippen LogP contribution in [-0.2, 0) is 4.79 Å². The number of carbonyl (C=O) groups excluding carboxylic acids is 1. The normalized spacial score (nSPS) is 12.3. The number of amides is 1. The zero-order valence-corrected chi connectivity index (χ0v) is 15.4. The van der Waals surface area contributed by atoms with Crippen LogP contribution < -0.4 is 16.2 Å². The molecule has 3 N–H and O–H groups in total. The van der Waals surface area contributed by atoms with Gasteiger partial charge in [0.05, 0.1) is 17.6 Å². The van der Waals surface area contributed by atoms with E-state index in [0.29, 0.717) is 27.2 Å². The Hall–Kier alpha value is -2.64. The minimum atomic E-state index is -0.407. The maximum absolute atomic E-state index is 12.3. The molecule has 0 fully saturated rings. The van der Waals surface area contributed by atoms with Crippen LogP contribution in [0.1, 0.15) is 30.0 Å². The van der Waals surface area contributed by atoms with Crippen molar-refractivity contribution in [3.05, 3.63) is 56.7 Å². The summed E-state index contributed by atoms with van der Waals surface area (Å²) in [6, 6.07) is 7.33. The molecular formula is C18H19ClN4O3. The van der Waals surface area contributed by atoms with E-state index in [1.165, 1.54) is 0 Å². The van der Waals surface area contributed by atoms with E-state index in [0.717, 1.165) is 5.56 Å². The van der Waals surface area contributed by atoms with Crippen molar-refractivity contribution in [3.63, 3.8) is 0 Å². The molecule has 0 aliphatic heterocycles. The molecule has 1 atom stereocenters. The van der Waals surface area contributed by atoms with Crippen LogP contribution in [0.3, 0.4) is 0 Å². The maximum atomic E-state index is 12.3. The number of anilines is 1. The van der Waals surface area contributed by atoms with Gasteiger partial charge in [0.1, 0.15) is 11.1 Å². The van der Waals surface area contributed by atoms with Crippen molar-refractivity contribution in [1.29, 1.82) is 0 Å². The van der Waals surface area contributed by atoms with Crippen LogP contribution in [0.2, 0.25) is 5.02 Å². The average molecular weight is 375 g/mol. The number of furan rings is 1. The topological polar surface area (TPSA) is 100 Å². The SMILES string of the molecule is Cc1n[nH]c(=O)c2c(NC(=O)CN[C@@H](C)c3ccccc3Cl)oc(C)c12. The molecule has 3 rings (SSSR count). The summed E-state index contributed by atoms with van der Waals surface area (Å²) in [5.41, 5.74) is 1.13. The molecule has 7 nitrogen and oxygen atoms in total. The molecule has 8 heteroatoms. The van der Waals surface area contributed by atoms with E-state index in [4.69, 9.17) is 16.0 Å². The van der Waals surface area contributed by atoms with Crippen molar-refractivity contribution in [2.24, 2.45) is 0 Å². The summed E-state index contributed by atoms with van der Waals surface area (Å²) in [6.45, 7) is 5.44. The summed E-state index contributed by atoms with van der Waals surface area (Å²) < 4.78 is 5.57. The first kappa shape index (κ1) is 18.2. The first-order chi connectivity index (χ1) is 12.4. The first-order valence-corrected chi connectivity index (χ1v) is 8.52. The van der Waals surface area contributed by atoms with Gasteiger partial charge in [-0.1, -0.05) is 29.8 Å². The lowest BCUT2D eigenvalue weighted by Crippen LogP contribution is -2.30. The molecule has 0 unspecified atom stereocenters. The van der Waals surface area contributed by atoms with Crippen LogP contribution in [0.5, 0.6) is 0 Å². The number of aromatic amines is 1. The van der Waals surface area contributed by atoms with Crippen LogP contribution in [0.4, 0.5) is 5.88 Å². The van der Waals surface area contributed by atoms with Gasteiger partial charge in [0, 0.05) is 11.1 Å². The van der Waals surface area contributed by atoms with Crippen molar-refractivity contribution in [3.8, 4) is 0 Å². The molecule has 0 spiro atoms. The number of aryl methyl sites for hydroxylation is 2. The number of H-pyrrole nitrogens is 1. The van der Waals surface area contributed by atoms with Crippen molar-refractivity contribution >= 4 is 34.2 Å². The second-order valence-corrected chi connectivity index (χ2v) is 6.45. The number of rotatable bonds is 5. The summed E-state index contributed by atoms with van der Waals surface area (Å²) in [7, 11) is 0. The maximum Gasteiger partial charge on any atom is 0.277 e. The van der Waals surface area contributed by atoms with E-state index < -0.39 is 5.56 Å². The summed E-state index contributed by atoms with van der Waals surface area (Å²) in [4.78, 5) is 24.4. The van der Waals surface area contributed by atoms with Gasteiger partial charge < -0.3 is 9.73 Å². The summed E-state index contributed by atoms with van der Waals surface area (Å²) >= 11 is 6.16. The third-order valence-corrected chi connectivity index (χ3v) is 4.54. The number of fused-ring (bicyclic) bond motifs is 1. The van der Waals surface area contributed by atoms with E-state index in [1.807, 2.05) is 25.1 Å². The van der Waals surface area contributed by atoms with Crippen molar-refractivity contribution in [2.75, 3.05) is 11.9 Å². The fraction of sp³-hybridized carbons (Fsp3) is 0.278. The molecule has 1 aromatic carbocycles. The van der Waals surface area contributed by atoms with Crippen molar-refractivity contribution in [1.82, 2.24) is 15.5 Å². The Kier molecular flexibility index (Phi) is 5.11. The van der Waals surface area contributed by atoms with Crippen LogP contribution >= 0.6 is 11.6 Å². The molecule has 3 aromatic rings. The number of hydrogen-bond donors (Lipinski definition) is 3. The molecule has 1 amide bonds. The minimum absolute atomic E-state index is 0.0373. The Morgan fingerprint density at radius 2 is 2.04 bits per heavy atom. The third-order valence-electron chi connectivity index (χ3n) is 4.19. The Labute approximate surface area is 154 Å². The predicted octanol–water partition coefficient (Wildman–Crippen LogP) is 3.08. The van der Waals surface area contributed by atoms with E-state index >= 15 is 0 Å². The van der Waals surface area contributed by atoms with E-state index in [-0.39, 0.29) is 24.4 Å². The number of benzene rings is 1. The molecule has 0 bridgehead atoms. The van der Waals surface area contributed by atoms with Gasteiger partial charge in [0.2, 0.25) is 11.8 Å². The first-order valence-electron chi connectivity index (χ1n) is 8.14. The highest BCUT2D eigenvalue weighted by atomic mass is 35.5. The van der Waals surface area contributed by atoms with Gasteiger partial charge in [-0.2, -0.15) is 5.10 Å². The van der Waals surface area contributed by atoms with E-state index in [1.54, 1.807) is 19.9 Å². The van der Waals surface area contributed by atoms with Crippen molar-refractivity contribution in [2.45, 2.75) is 26.8 Å². The van der Waals surface area contributed by atoms with E-state index in [9.17, 15) is 9.59 Å². The molecule has 0 aliphatic carbocycles. The summed E-state index contributed by atoms with van der Waals surface area (Å²) in [6.07, 6.45) is 0. The van der Waals surface area contributed by atoms with Gasteiger partial charge in [-0.3, -0.25) is 14.9 Å². The number of carbonyl (C=O) groups is 1. The number of hydrogen-bond acceptors (Lipinski definition) is 5. The quantitative estimate of drug-likeness (QED) is 0.637. The zero-order chi connectivity index (χ0) is 18.8. The second-order valence-electron chi connectivity index (χ2n) is 6.05. The molecule has 0 radical (unpaired) electrons. The number of nitrogens with one attached hydrogen (secondary N) is 3. The molecule has 0 saturated heterocycles. The molecular weight excluding hydrogens is 356 g/mol.